The molecule has 244 valence electrons. The van der Waals surface area contributed by atoms with Crippen molar-refractivity contribution in [1.29, 1.82) is 0 Å². The molecule has 0 saturated carbocycles. The zero-order valence-electron chi connectivity index (χ0n) is 26.9. The van der Waals surface area contributed by atoms with E-state index in [0.717, 1.165) is 62.5 Å². The number of aromatic nitrogens is 6. The van der Waals surface area contributed by atoms with Gasteiger partial charge in [-0.25, -0.2) is 13.4 Å². The molecule has 7 heterocycles. The zero-order valence-corrected chi connectivity index (χ0v) is 27.8. The molecule has 47 heavy (non-hydrogen) atoms. The SMILES string of the molecule is Cc1nnc(-c2c(CCC3CCOCC3)nc3c(c2-c2cn4c(N[C@H]5CCc6ncccc65)cccc4n2)S(=O)(=O)C[C@@H]3C(C)C)o1. The Balaban J connectivity index is 1.31. The van der Waals surface area contributed by atoms with Crippen molar-refractivity contribution < 1.29 is 17.6 Å². The van der Waals surface area contributed by atoms with Crippen LogP contribution < -0.4 is 5.32 Å². The third kappa shape index (κ3) is 5.41. The van der Waals surface area contributed by atoms with Gasteiger partial charge in [0.25, 0.3) is 0 Å². The second-order valence-electron chi connectivity index (χ2n) is 13.4. The fourth-order valence-corrected chi connectivity index (χ4v) is 9.75. The highest BCUT2D eigenvalue weighted by molar-refractivity contribution is 7.92. The molecule has 0 bridgehead atoms. The second-order valence-corrected chi connectivity index (χ2v) is 15.4. The quantitative estimate of drug-likeness (QED) is 0.208. The molecule has 8 rings (SSSR count). The van der Waals surface area contributed by atoms with Crippen molar-refractivity contribution in [2.45, 2.75) is 76.2 Å². The summed E-state index contributed by atoms with van der Waals surface area (Å²) >= 11 is 0. The van der Waals surface area contributed by atoms with Crippen molar-refractivity contribution >= 4 is 21.3 Å². The molecule has 5 aromatic heterocycles. The number of hydrogen-bond donors (Lipinski definition) is 1. The Morgan fingerprint density at radius 1 is 1.04 bits per heavy atom. The summed E-state index contributed by atoms with van der Waals surface area (Å²) in [5.41, 5.74) is 6.04. The lowest BCUT2D eigenvalue weighted by molar-refractivity contribution is 0.0639. The predicted molar refractivity (Wildman–Crippen MR) is 177 cm³/mol. The molecule has 2 aliphatic heterocycles. The second kappa shape index (κ2) is 11.8. The molecule has 1 fully saturated rings. The van der Waals surface area contributed by atoms with Gasteiger partial charge in [-0.1, -0.05) is 26.0 Å². The molecule has 0 aromatic carbocycles. The molecule has 1 N–H and O–H groups in total. The Morgan fingerprint density at radius 3 is 2.68 bits per heavy atom. The minimum atomic E-state index is -3.69. The van der Waals surface area contributed by atoms with Gasteiger partial charge in [0.2, 0.25) is 11.8 Å². The van der Waals surface area contributed by atoms with Crippen LogP contribution in [0.5, 0.6) is 0 Å². The van der Waals surface area contributed by atoms with Crippen LogP contribution in [0.25, 0.3) is 28.4 Å². The molecular formula is C35H39N7O4S. The van der Waals surface area contributed by atoms with Crippen LogP contribution in [0.15, 0.2) is 52.0 Å². The average Bonchev–Trinajstić information content (AvgIpc) is 3.85. The number of aryl methyl sites for hydroxylation is 3. The van der Waals surface area contributed by atoms with Crippen molar-refractivity contribution in [2.75, 3.05) is 24.3 Å². The van der Waals surface area contributed by atoms with Crippen molar-refractivity contribution in [3.63, 3.8) is 0 Å². The van der Waals surface area contributed by atoms with Gasteiger partial charge in [0.15, 0.2) is 9.84 Å². The highest BCUT2D eigenvalue weighted by atomic mass is 32.2. The topological polar surface area (TPSA) is 137 Å². The summed E-state index contributed by atoms with van der Waals surface area (Å²) in [4.78, 5) is 15.1. The van der Waals surface area contributed by atoms with Gasteiger partial charge in [-0.2, -0.15) is 0 Å². The largest absolute Gasteiger partial charge is 0.421 e. The Labute approximate surface area is 274 Å². The van der Waals surface area contributed by atoms with E-state index >= 15 is 0 Å². The third-order valence-electron chi connectivity index (χ3n) is 10.0. The van der Waals surface area contributed by atoms with Crippen molar-refractivity contribution in [3.8, 4) is 22.7 Å². The fraction of sp³-hybridized carbons (Fsp3) is 0.457. The van der Waals surface area contributed by atoms with Crippen molar-refractivity contribution in [3.05, 3.63) is 71.3 Å². The van der Waals surface area contributed by atoms with Crippen LogP contribution in [0, 0.1) is 18.8 Å². The molecule has 11 nitrogen and oxygen atoms in total. The summed E-state index contributed by atoms with van der Waals surface area (Å²) < 4.78 is 41.9. The third-order valence-corrected chi connectivity index (χ3v) is 11.9. The first kappa shape index (κ1) is 30.2. The van der Waals surface area contributed by atoms with E-state index in [9.17, 15) is 8.42 Å². The minimum Gasteiger partial charge on any atom is -0.421 e. The van der Waals surface area contributed by atoms with Crippen LogP contribution in [0.4, 0.5) is 5.82 Å². The van der Waals surface area contributed by atoms with E-state index in [0.29, 0.717) is 46.4 Å². The number of pyridine rings is 3. The van der Waals surface area contributed by atoms with E-state index in [1.54, 1.807) is 6.92 Å². The van der Waals surface area contributed by atoms with E-state index in [2.05, 4.69) is 40.4 Å². The Morgan fingerprint density at radius 2 is 1.89 bits per heavy atom. The number of rotatable bonds is 8. The van der Waals surface area contributed by atoms with Crippen molar-refractivity contribution in [2.24, 2.45) is 11.8 Å². The Hall–Kier alpha value is -4.16. The monoisotopic (exact) mass is 653 g/mol. The molecular weight excluding hydrogens is 614 g/mol. The summed E-state index contributed by atoms with van der Waals surface area (Å²) in [6.07, 6.45) is 9.19. The smallest absolute Gasteiger partial charge is 0.250 e. The van der Waals surface area contributed by atoms with Gasteiger partial charge < -0.3 is 14.5 Å². The lowest BCUT2D eigenvalue weighted by atomic mass is 9.89. The molecule has 0 spiro atoms. The van der Waals surface area contributed by atoms with Gasteiger partial charge in [-0.3, -0.25) is 14.4 Å². The standard InChI is InChI=1S/C35H39N7O4S/c1-20(2)24-19-47(43,44)34-31(32(35-41-40-21(3)46-35)27(39-33(24)34)10-9-22-13-16-45-17-14-22)28-18-42-29(7-4-8-30(42)38-28)37-26-12-11-25-23(26)6-5-15-36-25/h4-8,15,18,20,22,24,26,37H,9-14,16-17,19H2,1-3H3/t24-,26+/m1/s1. The van der Waals surface area contributed by atoms with E-state index in [1.165, 1.54) is 5.56 Å². The maximum atomic E-state index is 14.1. The van der Waals surface area contributed by atoms with Gasteiger partial charge in [0, 0.05) is 49.7 Å². The van der Waals surface area contributed by atoms with Crippen LogP contribution >= 0.6 is 0 Å². The molecule has 5 aromatic rings. The van der Waals surface area contributed by atoms with Gasteiger partial charge in [-0.15, -0.1) is 10.2 Å². The zero-order chi connectivity index (χ0) is 32.3. The van der Waals surface area contributed by atoms with E-state index in [1.807, 2.05) is 41.1 Å². The van der Waals surface area contributed by atoms with E-state index < -0.39 is 9.84 Å². The van der Waals surface area contributed by atoms with Gasteiger partial charge in [0.1, 0.15) is 11.5 Å². The molecule has 1 saturated heterocycles. The Kier molecular flexibility index (Phi) is 7.59. The number of hydrogen-bond acceptors (Lipinski definition) is 10. The van der Waals surface area contributed by atoms with Crippen LogP contribution in [0.2, 0.25) is 0 Å². The molecule has 0 amide bonds. The van der Waals surface area contributed by atoms with Gasteiger partial charge in [-0.05, 0) is 74.1 Å². The number of fused-ring (bicyclic) bond motifs is 3. The van der Waals surface area contributed by atoms with Gasteiger partial charge >= 0.3 is 0 Å². The molecule has 0 radical (unpaired) electrons. The first-order valence-corrected chi connectivity index (χ1v) is 18.3. The molecule has 0 unspecified atom stereocenters. The van der Waals surface area contributed by atoms with Gasteiger partial charge in [0.05, 0.1) is 39.3 Å². The lowest BCUT2D eigenvalue weighted by Crippen LogP contribution is -2.17. The first-order chi connectivity index (χ1) is 22.8. The van der Waals surface area contributed by atoms with Crippen LogP contribution in [-0.2, 0) is 27.4 Å². The lowest BCUT2D eigenvalue weighted by Gasteiger charge is -2.23. The summed E-state index contributed by atoms with van der Waals surface area (Å²) in [5.74, 6) is 1.92. The van der Waals surface area contributed by atoms with Crippen LogP contribution in [-0.4, -0.2) is 56.9 Å². The number of anilines is 1. The van der Waals surface area contributed by atoms with Crippen LogP contribution in [0.1, 0.15) is 80.0 Å². The molecule has 3 aliphatic rings. The normalized spacial score (nSPS) is 20.6. The maximum absolute atomic E-state index is 14.1. The van der Waals surface area contributed by atoms with Crippen molar-refractivity contribution in [1.82, 2.24) is 29.5 Å². The number of ether oxygens (including phenoxy) is 1. The summed E-state index contributed by atoms with van der Waals surface area (Å²) in [6, 6.07) is 10.2. The number of sulfone groups is 1. The summed E-state index contributed by atoms with van der Waals surface area (Å²) in [6.45, 7) is 7.39. The Bertz CT molecular complexity index is 2080. The predicted octanol–water partition coefficient (Wildman–Crippen LogP) is 6.14. The molecule has 2 atom stereocenters. The first-order valence-electron chi connectivity index (χ1n) is 16.6. The fourth-order valence-electron chi connectivity index (χ4n) is 7.53. The molecule has 12 heteroatoms. The van der Waals surface area contributed by atoms with E-state index in [-0.39, 0.29) is 34.4 Å². The summed E-state index contributed by atoms with van der Waals surface area (Å²) in [5, 5.41) is 12.3. The highest BCUT2D eigenvalue weighted by Crippen LogP contribution is 2.48. The number of imidazole rings is 1. The average molecular weight is 654 g/mol. The maximum Gasteiger partial charge on any atom is 0.250 e. The minimum absolute atomic E-state index is 0.0149. The number of nitrogens with zero attached hydrogens (tertiary/aromatic N) is 6. The van der Waals surface area contributed by atoms with Crippen LogP contribution in [0.3, 0.4) is 0 Å². The number of nitrogens with one attached hydrogen (secondary N) is 1. The molecule has 1 aliphatic carbocycles. The summed E-state index contributed by atoms with van der Waals surface area (Å²) in [7, 11) is -3.69. The van der Waals surface area contributed by atoms with E-state index in [4.69, 9.17) is 19.1 Å². The highest BCUT2D eigenvalue weighted by Gasteiger charge is 2.43.